The summed E-state index contributed by atoms with van der Waals surface area (Å²) in [4.78, 5) is 0. The zero-order chi connectivity index (χ0) is 12.2. The van der Waals surface area contributed by atoms with Crippen LogP contribution in [-0.4, -0.2) is 39.0 Å². The van der Waals surface area contributed by atoms with Crippen molar-refractivity contribution in [1.29, 1.82) is 0 Å². The van der Waals surface area contributed by atoms with Crippen molar-refractivity contribution in [3.05, 3.63) is 0 Å². The number of hydrogen-bond acceptors (Lipinski definition) is 3. The highest BCUT2D eigenvalue weighted by Crippen LogP contribution is 1.97. The molecule has 0 rings (SSSR count). The summed E-state index contributed by atoms with van der Waals surface area (Å²) >= 11 is 0. The maximum Gasteiger partial charge on any atom is 0.0700 e. The Bertz CT molecular complexity index is 140. The van der Waals surface area contributed by atoms with Crippen LogP contribution in [0.25, 0.3) is 0 Å². The Morgan fingerprint density at radius 1 is 1.00 bits per heavy atom. The average molecular weight is 231 g/mol. The second-order valence-electron chi connectivity index (χ2n) is 4.68. The van der Waals surface area contributed by atoms with Gasteiger partial charge in [0.15, 0.2) is 0 Å². The highest BCUT2D eigenvalue weighted by molar-refractivity contribution is 4.58. The lowest BCUT2D eigenvalue weighted by Gasteiger charge is -2.12. The van der Waals surface area contributed by atoms with Crippen LogP contribution in [0.5, 0.6) is 0 Å². The SMILES string of the molecule is CCNC(C)CCCOCCOCC(C)C. The fourth-order valence-corrected chi connectivity index (χ4v) is 1.48. The van der Waals surface area contributed by atoms with Crippen molar-refractivity contribution in [2.24, 2.45) is 5.92 Å². The fourth-order valence-electron chi connectivity index (χ4n) is 1.48. The molecule has 3 nitrogen and oxygen atoms in total. The zero-order valence-corrected chi connectivity index (χ0v) is 11.4. The van der Waals surface area contributed by atoms with Gasteiger partial charge >= 0.3 is 0 Å². The van der Waals surface area contributed by atoms with Gasteiger partial charge in [0.25, 0.3) is 0 Å². The molecule has 0 spiro atoms. The predicted molar refractivity (Wildman–Crippen MR) is 68.8 cm³/mol. The van der Waals surface area contributed by atoms with E-state index in [0.29, 0.717) is 12.0 Å². The first-order chi connectivity index (χ1) is 7.66. The molecular formula is C13H29NO2. The van der Waals surface area contributed by atoms with Gasteiger partial charge in [-0.2, -0.15) is 0 Å². The molecule has 0 amide bonds. The number of hydrogen-bond donors (Lipinski definition) is 1. The summed E-state index contributed by atoms with van der Waals surface area (Å²) in [7, 11) is 0. The van der Waals surface area contributed by atoms with Gasteiger partial charge in [0.2, 0.25) is 0 Å². The van der Waals surface area contributed by atoms with Gasteiger partial charge in [-0.15, -0.1) is 0 Å². The van der Waals surface area contributed by atoms with Crippen LogP contribution in [0.15, 0.2) is 0 Å². The third kappa shape index (κ3) is 12.0. The summed E-state index contributed by atoms with van der Waals surface area (Å²) in [5.41, 5.74) is 0. The third-order valence-electron chi connectivity index (χ3n) is 2.30. The van der Waals surface area contributed by atoms with Gasteiger partial charge in [0.1, 0.15) is 0 Å². The van der Waals surface area contributed by atoms with Crippen LogP contribution in [0, 0.1) is 5.92 Å². The van der Waals surface area contributed by atoms with Gasteiger partial charge in [0, 0.05) is 19.3 Å². The maximum atomic E-state index is 5.49. The lowest BCUT2D eigenvalue weighted by molar-refractivity contribution is 0.0362. The normalized spacial score (nSPS) is 13.3. The van der Waals surface area contributed by atoms with Gasteiger partial charge in [-0.05, 0) is 32.2 Å². The van der Waals surface area contributed by atoms with Crippen molar-refractivity contribution in [2.45, 2.75) is 46.6 Å². The second-order valence-corrected chi connectivity index (χ2v) is 4.68. The molecule has 16 heavy (non-hydrogen) atoms. The average Bonchev–Trinajstić information content (AvgIpc) is 2.22. The summed E-state index contributed by atoms with van der Waals surface area (Å²) in [5, 5.41) is 3.39. The van der Waals surface area contributed by atoms with E-state index in [1.165, 1.54) is 6.42 Å². The lowest BCUT2D eigenvalue weighted by Crippen LogP contribution is -2.25. The van der Waals surface area contributed by atoms with Crippen molar-refractivity contribution in [1.82, 2.24) is 5.32 Å². The summed E-state index contributed by atoms with van der Waals surface area (Å²) < 4.78 is 10.9. The minimum Gasteiger partial charge on any atom is -0.379 e. The van der Waals surface area contributed by atoms with Gasteiger partial charge < -0.3 is 14.8 Å². The highest BCUT2D eigenvalue weighted by atomic mass is 16.5. The molecular weight excluding hydrogens is 202 g/mol. The van der Waals surface area contributed by atoms with Crippen molar-refractivity contribution in [3.8, 4) is 0 Å². The first kappa shape index (κ1) is 15.9. The minimum atomic E-state index is 0.603. The molecule has 0 saturated carbocycles. The molecule has 3 heteroatoms. The topological polar surface area (TPSA) is 30.5 Å². The van der Waals surface area contributed by atoms with Gasteiger partial charge in [-0.3, -0.25) is 0 Å². The largest absolute Gasteiger partial charge is 0.379 e. The Morgan fingerprint density at radius 2 is 1.69 bits per heavy atom. The Balaban J connectivity index is 3.04. The Labute approximate surface area is 101 Å². The van der Waals surface area contributed by atoms with Crippen LogP contribution in [-0.2, 0) is 9.47 Å². The van der Waals surface area contributed by atoms with Crippen LogP contribution in [0.3, 0.4) is 0 Å². The Kier molecular flexibility index (Phi) is 11.3. The minimum absolute atomic E-state index is 0.603. The quantitative estimate of drug-likeness (QED) is 0.554. The van der Waals surface area contributed by atoms with Crippen molar-refractivity contribution in [2.75, 3.05) is 33.0 Å². The number of ether oxygens (including phenoxy) is 2. The van der Waals surface area contributed by atoms with Gasteiger partial charge in [-0.1, -0.05) is 20.8 Å². The first-order valence-electron chi connectivity index (χ1n) is 6.55. The molecule has 0 aromatic carbocycles. The lowest BCUT2D eigenvalue weighted by atomic mass is 10.2. The van der Waals surface area contributed by atoms with Crippen LogP contribution in [0.2, 0.25) is 0 Å². The monoisotopic (exact) mass is 231 g/mol. The highest BCUT2D eigenvalue weighted by Gasteiger charge is 1.99. The van der Waals surface area contributed by atoms with Crippen LogP contribution in [0.4, 0.5) is 0 Å². The third-order valence-corrected chi connectivity index (χ3v) is 2.30. The van der Waals surface area contributed by atoms with Gasteiger partial charge in [0.05, 0.1) is 13.2 Å². The zero-order valence-electron chi connectivity index (χ0n) is 11.4. The van der Waals surface area contributed by atoms with Crippen LogP contribution >= 0.6 is 0 Å². The summed E-state index contributed by atoms with van der Waals surface area (Å²) in [6.45, 7) is 12.8. The molecule has 0 radical (unpaired) electrons. The standard InChI is InChI=1S/C13H29NO2/c1-5-14-13(4)7-6-8-15-9-10-16-11-12(2)3/h12-14H,5-11H2,1-4H3. The van der Waals surface area contributed by atoms with E-state index in [2.05, 4.69) is 33.0 Å². The predicted octanol–water partition coefficient (Wildman–Crippen LogP) is 2.45. The van der Waals surface area contributed by atoms with Crippen molar-refractivity contribution in [3.63, 3.8) is 0 Å². The number of rotatable bonds is 11. The van der Waals surface area contributed by atoms with Crippen molar-refractivity contribution < 1.29 is 9.47 Å². The van der Waals surface area contributed by atoms with Crippen LogP contribution in [0.1, 0.15) is 40.5 Å². The van der Waals surface area contributed by atoms with E-state index in [1.807, 2.05) is 0 Å². The summed E-state index contributed by atoms with van der Waals surface area (Å²) in [5.74, 6) is 0.612. The molecule has 1 atom stereocenters. The number of nitrogens with one attached hydrogen (secondary N) is 1. The molecule has 0 aromatic rings. The maximum absolute atomic E-state index is 5.49. The molecule has 0 fully saturated rings. The van der Waals surface area contributed by atoms with E-state index in [4.69, 9.17) is 9.47 Å². The van der Waals surface area contributed by atoms with E-state index in [-0.39, 0.29) is 0 Å². The molecule has 0 saturated heterocycles. The molecule has 98 valence electrons. The summed E-state index contributed by atoms with van der Waals surface area (Å²) in [6, 6.07) is 0.603. The smallest absolute Gasteiger partial charge is 0.0700 e. The van der Waals surface area contributed by atoms with Crippen molar-refractivity contribution >= 4 is 0 Å². The van der Waals surface area contributed by atoms with E-state index >= 15 is 0 Å². The van der Waals surface area contributed by atoms with E-state index < -0.39 is 0 Å². The Hall–Kier alpha value is -0.120. The molecule has 0 aliphatic carbocycles. The molecule has 0 aliphatic rings. The Morgan fingerprint density at radius 3 is 2.31 bits per heavy atom. The van der Waals surface area contributed by atoms with E-state index in [1.54, 1.807) is 0 Å². The molecule has 0 aromatic heterocycles. The molecule has 1 unspecified atom stereocenters. The molecule has 0 bridgehead atoms. The van der Waals surface area contributed by atoms with Gasteiger partial charge in [-0.25, -0.2) is 0 Å². The van der Waals surface area contributed by atoms with E-state index in [9.17, 15) is 0 Å². The molecule has 1 N–H and O–H groups in total. The first-order valence-corrected chi connectivity index (χ1v) is 6.55. The molecule has 0 aliphatic heterocycles. The fraction of sp³-hybridized carbons (Fsp3) is 1.00. The second kappa shape index (κ2) is 11.4. The molecule has 0 heterocycles. The van der Waals surface area contributed by atoms with E-state index in [0.717, 1.165) is 39.4 Å². The summed E-state index contributed by atoms with van der Waals surface area (Å²) in [6.07, 6.45) is 2.30. The van der Waals surface area contributed by atoms with Crippen LogP contribution < -0.4 is 5.32 Å².